The van der Waals surface area contributed by atoms with Crippen molar-refractivity contribution in [1.82, 2.24) is 20.0 Å². The van der Waals surface area contributed by atoms with E-state index >= 15 is 0 Å². The van der Waals surface area contributed by atoms with E-state index in [1.165, 1.54) is 4.90 Å². The van der Waals surface area contributed by atoms with Crippen LogP contribution in [0.25, 0.3) is 0 Å². The Bertz CT molecular complexity index is 1190. The molecule has 0 spiro atoms. The third-order valence-electron chi connectivity index (χ3n) is 7.12. The maximum Gasteiger partial charge on any atom is 0.338 e. The van der Waals surface area contributed by atoms with Crippen LogP contribution in [-0.2, 0) is 9.53 Å². The van der Waals surface area contributed by atoms with Crippen molar-refractivity contribution in [3.8, 4) is 0 Å². The molecule has 0 aliphatic carbocycles. The first-order chi connectivity index (χ1) is 17.8. The van der Waals surface area contributed by atoms with Gasteiger partial charge >= 0.3 is 12.0 Å². The lowest BCUT2D eigenvalue weighted by molar-refractivity contribution is -0.139. The zero-order valence-electron chi connectivity index (χ0n) is 22.1. The van der Waals surface area contributed by atoms with Gasteiger partial charge in [-0.2, -0.15) is 0 Å². The molecule has 2 aliphatic rings. The molecule has 2 aliphatic heterocycles. The van der Waals surface area contributed by atoms with E-state index in [1.54, 1.807) is 14.0 Å². The number of amides is 3. The second-order valence-corrected chi connectivity index (χ2v) is 9.67. The van der Waals surface area contributed by atoms with Gasteiger partial charge in [0, 0.05) is 51.0 Å². The van der Waals surface area contributed by atoms with Crippen LogP contribution in [0.5, 0.6) is 0 Å². The van der Waals surface area contributed by atoms with Crippen molar-refractivity contribution in [1.29, 1.82) is 0 Å². The van der Waals surface area contributed by atoms with Crippen molar-refractivity contribution in [2.75, 3.05) is 46.4 Å². The molecule has 8 nitrogen and oxygen atoms in total. The lowest BCUT2D eigenvalue weighted by Crippen LogP contribution is -2.49. The molecule has 1 N–H and O–H groups in total. The molecule has 0 unspecified atom stereocenters. The molecule has 2 aromatic carbocycles. The molecule has 3 amide bonds. The minimum absolute atomic E-state index is 0.0297. The van der Waals surface area contributed by atoms with E-state index in [2.05, 4.69) is 10.2 Å². The van der Waals surface area contributed by atoms with Gasteiger partial charge in [-0.25, -0.2) is 9.59 Å². The number of aryl methyl sites for hydroxylation is 2. The second-order valence-electron chi connectivity index (χ2n) is 9.67. The number of rotatable bonds is 6. The summed E-state index contributed by atoms with van der Waals surface area (Å²) in [5.74, 6) is -0.398. The van der Waals surface area contributed by atoms with Gasteiger partial charge in [-0.15, -0.1) is 0 Å². The highest BCUT2D eigenvalue weighted by atomic mass is 16.5. The molecule has 0 aromatic heterocycles. The lowest BCUT2D eigenvalue weighted by Gasteiger charge is -2.37. The summed E-state index contributed by atoms with van der Waals surface area (Å²) in [6, 6.07) is 14.5. The Morgan fingerprint density at radius 1 is 1.00 bits per heavy atom. The van der Waals surface area contributed by atoms with Crippen LogP contribution in [0.2, 0.25) is 0 Å². The molecule has 1 atom stereocenters. The molecule has 4 rings (SSSR count). The summed E-state index contributed by atoms with van der Waals surface area (Å²) in [7, 11) is 1.68. The smallest absolute Gasteiger partial charge is 0.338 e. The molecule has 0 radical (unpaired) electrons. The molecule has 0 saturated carbocycles. The lowest BCUT2D eigenvalue weighted by atomic mass is 9.91. The van der Waals surface area contributed by atoms with E-state index in [1.807, 2.05) is 67.3 Å². The third kappa shape index (κ3) is 5.85. The Hall–Kier alpha value is -3.65. The molecule has 1 saturated heterocycles. The Kier molecular flexibility index (Phi) is 8.28. The number of benzene rings is 2. The summed E-state index contributed by atoms with van der Waals surface area (Å²) >= 11 is 0. The number of esters is 1. The van der Waals surface area contributed by atoms with E-state index < -0.39 is 12.0 Å². The number of hydrogen-bond acceptors (Lipinski definition) is 5. The first-order valence-corrected chi connectivity index (χ1v) is 12.9. The molecule has 196 valence electrons. The monoisotopic (exact) mass is 504 g/mol. The summed E-state index contributed by atoms with van der Waals surface area (Å²) < 4.78 is 5.46. The third-order valence-corrected chi connectivity index (χ3v) is 7.12. The normalized spacial score (nSPS) is 18.9. The number of nitrogens with one attached hydrogen (secondary N) is 1. The maximum absolute atomic E-state index is 13.3. The first-order valence-electron chi connectivity index (χ1n) is 12.9. The zero-order chi connectivity index (χ0) is 26.5. The van der Waals surface area contributed by atoms with Gasteiger partial charge in [0.1, 0.15) is 0 Å². The fourth-order valence-corrected chi connectivity index (χ4v) is 4.96. The zero-order valence-corrected chi connectivity index (χ0v) is 22.1. The van der Waals surface area contributed by atoms with Crippen LogP contribution in [0, 0.1) is 13.8 Å². The predicted molar refractivity (Wildman–Crippen MR) is 142 cm³/mol. The summed E-state index contributed by atoms with van der Waals surface area (Å²) in [5, 5.41) is 2.99. The standard InChI is InChI=1S/C29H36N4O4/c1-5-37-28(35)25-24(31(4)29(36)30-26(25)23-10-7-6-9-21(23)3)19-32-15-8-16-33(18-17-32)27(34)22-13-11-20(2)12-14-22/h6-7,9-14,26H,5,8,15-19H2,1-4H3,(H,30,36)/t26-/m0/s1. The van der Waals surface area contributed by atoms with Crippen LogP contribution in [0.1, 0.15) is 46.4 Å². The molecule has 8 heteroatoms. The van der Waals surface area contributed by atoms with Crippen molar-refractivity contribution < 1.29 is 19.1 Å². The highest BCUT2D eigenvalue weighted by Gasteiger charge is 2.38. The summed E-state index contributed by atoms with van der Waals surface area (Å²) in [6.45, 7) is 9.03. The average molecular weight is 505 g/mol. The summed E-state index contributed by atoms with van der Waals surface area (Å²) in [4.78, 5) is 45.0. The molecule has 2 heterocycles. The molecular formula is C29H36N4O4. The van der Waals surface area contributed by atoms with Crippen LogP contribution in [-0.4, -0.2) is 79.0 Å². The van der Waals surface area contributed by atoms with Gasteiger partial charge in [0.15, 0.2) is 0 Å². The van der Waals surface area contributed by atoms with Crippen molar-refractivity contribution in [2.45, 2.75) is 33.2 Å². The second kappa shape index (κ2) is 11.6. The summed E-state index contributed by atoms with van der Waals surface area (Å²) in [5.41, 5.74) is 4.75. The first kappa shape index (κ1) is 26.4. The predicted octanol–water partition coefficient (Wildman–Crippen LogP) is 3.66. The molecule has 0 bridgehead atoms. The number of ether oxygens (including phenoxy) is 1. The SMILES string of the molecule is CCOC(=O)C1=C(CN2CCCN(C(=O)c3ccc(C)cc3)CC2)N(C)C(=O)N[C@H]1c1ccccc1C. The van der Waals surface area contributed by atoms with E-state index in [9.17, 15) is 14.4 Å². The van der Waals surface area contributed by atoms with Crippen LogP contribution >= 0.6 is 0 Å². The van der Waals surface area contributed by atoms with E-state index in [-0.39, 0.29) is 18.5 Å². The van der Waals surface area contributed by atoms with Gasteiger partial charge in [-0.1, -0.05) is 42.0 Å². The molecule has 2 aromatic rings. The Labute approximate surface area is 218 Å². The fourth-order valence-electron chi connectivity index (χ4n) is 4.96. The number of likely N-dealkylation sites (N-methyl/N-ethyl adjacent to an activating group) is 1. The van der Waals surface area contributed by atoms with Crippen LogP contribution in [0.4, 0.5) is 4.79 Å². The fraction of sp³-hybridized carbons (Fsp3) is 0.414. The highest BCUT2D eigenvalue weighted by molar-refractivity contribution is 5.95. The van der Waals surface area contributed by atoms with Gasteiger partial charge in [0.25, 0.3) is 5.91 Å². The highest BCUT2D eigenvalue weighted by Crippen LogP contribution is 2.33. The number of urea groups is 1. The number of carbonyl (C=O) groups is 3. The van der Waals surface area contributed by atoms with Gasteiger partial charge in [-0.3, -0.25) is 14.6 Å². The summed E-state index contributed by atoms with van der Waals surface area (Å²) in [6.07, 6.45) is 0.802. The maximum atomic E-state index is 13.3. The van der Waals surface area contributed by atoms with Gasteiger partial charge in [-0.05, 0) is 50.5 Å². The van der Waals surface area contributed by atoms with Crippen molar-refractivity contribution in [2.24, 2.45) is 0 Å². The quantitative estimate of drug-likeness (QED) is 0.607. The van der Waals surface area contributed by atoms with Gasteiger partial charge < -0.3 is 15.0 Å². The molecule has 37 heavy (non-hydrogen) atoms. The van der Waals surface area contributed by atoms with Crippen molar-refractivity contribution >= 4 is 17.9 Å². The van der Waals surface area contributed by atoms with Crippen LogP contribution in [0.15, 0.2) is 59.8 Å². The van der Waals surface area contributed by atoms with Gasteiger partial charge in [0.2, 0.25) is 0 Å². The number of carbonyl (C=O) groups excluding carboxylic acids is 3. The van der Waals surface area contributed by atoms with Crippen LogP contribution < -0.4 is 5.32 Å². The van der Waals surface area contributed by atoms with Gasteiger partial charge in [0.05, 0.1) is 18.2 Å². The Balaban J connectivity index is 1.59. The Morgan fingerprint density at radius 2 is 1.73 bits per heavy atom. The minimum Gasteiger partial charge on any atom is -0.463 e. The number of hydrogen-bond donors (Lipinski definition) is 1. The molecular weight excluding hydrogens is 468 g/mol. The van der Waals surface area contributed by atoms with E-state index in [0.29, 0.717) is 43.0 Å². The van der Waals surface area contributed by atoms with Crippen molar-refractivity contribution in [3.63, 3.8) is 0 Å². The average Bonchev–Trinajstić information content (AvgIpc) is 3.13. The Morgan fingerprint density at radius 3 is 2.43 bits per heavy atom. The largest absolute Gasteiger partial charge is 0.463 e. The molecule has 1 fully saturated rings. The minimum atomic E-state index is -0.592. The van der Waals surface area contributed by atoms with Crippen molar-refractivity contribution in [3.05, 3.63) is 82.1 Å². The van der Waals surface area contributed by atoms with E-state index in [0.717, 1.165) is 29.7 Å². The van der Waals surface area contributed by atoms with Crippen LogP contribution in [0.3, 0.4) is 0 Å². The van der Waals surface area contributed by atoms with E-state index in [4.69, 9.17) is 4.74 Å². The topological polar surface area (TPSA) is 82.2 Å². The number of nitrogens with zero attached hydrogens (tertiary/aromatic N) is 3.